The molecule has 1 saturated heterocycles. The zero-order chi connectivity index (χ0) is 9.80. The molecule has 0 spiro atoms. The number of nitrogens with zero attached hydrogens (tertiary/aromatic N) is 1. The van der Waals surface area contributed by atoms with Crippen LogP contribution < -0.4 is 9.88 Å². The van der Waals surface area contributed by atoms with Gasteiger partial charge in [-0.05, 0) is 0 Å². The van der Waals surface area contributed by atoms with Crippen molar-refractivity contribution in [2.75, 3.05) is 19.7 Å². The minimum absolute atomic E-state index is 0.0159. The average molecular weight is 193 g/mol. The van der Waals surface area contributed by atoms with E-state index in [2.05, 4.69) is 5.32 Å². The molecular formula is C10H13N2O2+. The molecule has 0 unspecified atom stereocenters. The third-order valence-corrected chi connectivity index (χ3v) is 2.17. The van der Waals surface area contributed by atoms with Crippen molar-refractivity contribution in [3.63, 3.8) is 0 Å². The molecular weight excluding hydrogens is 180 g/mol. The summed E-state index contributed by atoms with van der Waals surface area (Å²) in [4.78, 5) is 11.8. The number of pyridine rings is 1. The van der Waals surface area contributed by atoms with Crippen LogP contribution in [0, 0.1) is 0 Å². The van der Waals surface area contributed by atoms with Gasteiger partial charge in [0.25, 0.3) is 0 Å². The molecule has 74 valence electrons. The second kappa shape index (κ2) is 4.30. The lowest BCUT2D eigenvalue weighted by molar-refractivity contribution is -0.578. The van der Waals surface area contributed by atoms with Gasteiger partial charge in [-0.2, -0.15) is 0 Å². The van der Waals surface area contributed by atoms with E-state index in [1.54, 1.807) is 17.0 Å². The first-order valence-electron chi connectivity index (χ1n) is 4.71. The Morgan fingerprint density at radius 1 is 1.36 bits per heavy atom. The van der Waals surface area contributed by atoms with Crippen LogP contribution in [-0.2, 0) is 4.74 Å². The first-order valence-corrected chi connectivity index (χ1v) is 4.71. The van der Waals surface area contributed by atoms with Gasteiger partial charge in [0.05, 0.1) is 6.61 Å². The highest BCUT2D eigenvalue weighted by Crippen LogP contribution is 1.95. The van der Waals surface area contributed by atoms with Crippen LogP contribution in [0.15, 0.2) is 30.6 Å². The normalized spacial score (nSPS) is 21.9. The van der Waals surface area contributed by atoms with Crippen molar-refractivity contribution in [2.45, 2.75) is 6.10 Å². The zero-order valence-corrected chi connectivity index (χ0v) is 7.85. The summed E-state index contributed by atoms with van der Waals surface area (Å²) in [5.74, 6) is -0.0159. The Morgan fingerprint density at radius 2 is 2.14 bits per heavy atom. The summed E-state index contributed by atoms with van der Waals surface area (Å²) in [7, 11) is 0. The standard InChI is InChI=1S/C10H13N2O2/c13-10(9-8-11-4-7-14-9)12-5-2-1-3-6-12/h1-3,5-6,9,11H,4,7-8H2/q+1/t9-/m0/s1. The van der Waals surface area contributed by atoms with E-state index in [0.717, 1.165) is 6.54 Å². The van der Waals surface area contributed by atoms with Gasteiger partial charge in [0.15, 0.2) is 18.5 Å². The summed E-state index contributed by atoms with van der Waals surface area (Å²) in [5, 5.41) is 3.13. The number of aromatic nitrogens is 1. The van der Waals surface area contributed by atoms with Gasteiger partial charge in [-0.1, -0.05) is 6.07 Å². The van der Waals surface area contributed by atoms with Gasteiger partial charge in [-0.15, -0.1) is 4.57 Å². The van der Waals surface area contributed by atoms with Crippen LogP contribution in [-0.4, -0.2) is 31.7 Å². The van der Waals surface area contributed by atoms with Crippen molar-refractivity contribution in [2.24, 2.45) is 0 Å². The van der Waals surface area contributed by atoms with Crippen LogP contribution in [0.5, 0.6) is 0 Å². The Balaban J connectivity index is 2.07. The summed E-state index contributed by atoms with van der Waals surface area (Å²) in [6, 6.07) is 5.53. The van der Waals surface area contributed by atoms with E-state index >= 15 is 0 Å². The molecule has 0 radical (unpaired) electrons. The van der Waals surface area contributed by atoms with Crippen molar-refractivity contribution in [1.29, 1.82) is 0 Å². The highest BCUT2D eigenvalue weighted by molar-refractivity contribution is 5.72. The SMILES string of the molecule is O=C([C@@H]1CNCCO1)[n+]1ccccc1. The van der Waals surface area contributed by atoms with Crippen LogP contribution in [0.25, 0.3) is 0 Å². The molecule has 2 rings (SSSR count). The Kier molecular flexibility index (Phi) is 2.86. The molecule has 0 aliphatic carbocycles. The Morgan fingerprint density at radius 3 is 2.79 bits per heavy atom. The number of morpholine rings is 1. The quantitative estimate of drug-likeness (QED) is 0.617. The fourth-order valence-corrected chi connectivity index (χ4v) is 1.44. The molecule has 1 N–H and O–H groups in total. The van der Waals surface area contributed by atoms with Gasteiger partial charge in [-0.3, -0.25) is 0 Å². The lowest BCUT2D eigenvalue weighted by Crippen LogP contribution is -2.55. The number of hydrogen-bond acceptors (Lipinski definition) is 3. The van der Waals surface area contributed by atoms with Crippen LogP contribution in [0.4, 0.5) is 0 Å². The molecule has 1 atom stereocenters. The minimum atomic E-state index is -0.351. The predicted molar refractivity (Wildman–Crippen MR) is 49.9 cm³/mol. The molecule has 1 fully saturated rings. The Bertz CT molecular complexity index is 307. The van der Waals surface area contributed by atoms with Gasteiger partial charge in [-0.25, -0.2) is 4.79 Å². The highest BCUT2D eigenvalue weighted by atomic mass is 16.5. The van der Waals surface area contributed by atoms with Crippen molar-refractivity contribution in [3.05, 3.63) is 30.6 Å². The number of ether oxygens (including phenoxy) is 1. The van der Waals surface area contributed by atoms with E-state index in [1.807, 2.05) is 18.2 Å². The van der Waals surface area contributed by atoms with E-state index in [1.165, 1.54) is 0 Å². The molecule has 0 saturated carbocycles. The van der Waals surface area contributed by atoms with Crippen molar-refractivity contribution in [3.8, 4) is 0 Å². The van der Waals surface area contributed by atoms with E-state index in [-0.39, 0.29) is 12.0 Å². The van der Waals surface area contributed by atoms with Crippen LogP contribution in [0.1, 0.15) is 4.79 Å². The zero-order valence-electron chi connectivity index (χ0n) is 7.85. The summed E-state index contributed by atoms with van der Waals surface area (Å²) < 4.78 is 6.91. The fraction of sp³-hybridized carbons (Fsp3) is 0.400. The van der Waals surface area contributed by atoms with Crippen LogP contribution in [0.3, 0.4) is 0 Å². The monoisotopic (exact) mass is 193 g/mol. The summed E-state index contributed by atoms with van der Waals surface area (Å²) in [6.07, 6.45) is 3.12. The van der Waals surface area contributed by atoms with Crippen LogP contribution in [0.2, 0.25) is 0 Å². The molecule has 1 aromatic rings. The second-order valence-corrected chi connectivity index (χ2v) is 3.18. The van der Waals surface area contributed by atoms with Crippen molar-refractivity contribution >= 4 is 5.91 Å². The van der Waals surface area contributed by atoms with Gasteiger partial charge in [0.1, 0.15) is 0 Å². The molecule has 14 heavy (non-hydrogen) atoms. The number of carbonyl (C=O) groups is 1. The lowest BCUT2D eigenvalue weighted by atomic mass is 10.3. The van der Waals surface area contributed by atoms with Crippen molar-refractivity contribution in [1.82, 2.24) is 5.32 Å². The largest absolute Gasteiger partial charge is 0.422 e. The predicted octanol–water partition coefficient (Wildman–Crippen LogP) is -0.397. The highest BCUT2D eigenvalue weighted by Gasteiger charge is 2.29. The maximum Gasteiger partial charge on any atom is 0.422 e. The Labute approximate surface area is 82.5 Å². The van der Waals surface area contributed by atoms with E-state index in [0.29, 0.717) is 13.2 Å². The minimum Gasteiger partial charge on any atom is -0.361 e. The molecule has 0 bridgehead atoms. The Hall–Kier alpha value is -1.26. The fourth-order valence-electron chi connectivity index (χ4n) is 1.44. The van der Waals surface area contributed by atoms with E-state index < -0.39 is 0 Å². The van der Waals surface area contributed by atoms with Gasteiger partial charge in [0, 0.05) is 25.2 Å². The van der Waals surface area contributed by atoms with Gasteiger partial charge >= 0.3 is 5.91 Å². The molecule has 1 aromatic heterocycles. The van der Waals surface area contributed by atoms with Gasteiger partial charge in [0.2, 0.25) is 0 Å². The van der Waals surface area contributed by atoms with Crippen molar-refractivity contribution < 1.29 is 14.1 Å². The first-order chi connectivity index (χ1) is 6.88. The summed E-state index contributed by atoms with van der Waals surface area (Å²) in [5.41, 5.74) is 0. The number of carbonyl (C=O) groups excluding carboxylic acids is 1. The third-order valence-electron chi connectivity index (χ3n) is 2.17. The number of nitrogens with one attached hydrogen (secondary N) is 1. The molecule has 0 aromatic carbocycles. The topological polar surface area (TPSA) is 42.2 Å². The average Bonchev–Trinajstić information content (AvgIpc) is 2.30. The summed E-state index contributed by atoms with van der Waals surface area (Å²) >= 11 is 0. The van der Waals surface area contributed by atoms with E-state index in [4.69, 9.17) is 4.74 Å². The summed E-state index contributed by atoms with van der Waals surface area (Å²) in [6.45, 7) is 2.02. The molecule has 2 heterocycles. The van der Waals surface area contributed by atoms with Crippen LogP contribution >= 0.6 is 0 Å². The lowest BCUT2D eigenvalue weighted by Gasteiger charge is -2.18. The van der Waals surface area contributed by atoms with E-state index in [9.17, 15) is 4.79 Å². The third kappa shape index (κ3) is 1.97. The number of rotatable bonds is 1. The molecule has 1 aliphatic heterocycles. The maximum absolute atomic E-state index is 11.8. The smallest absolute Gasteiger partial charge is 0.361 e. The maximum atomic E-state index is 11.8. The first kappa shape index (κ1) is 9.30. The molecule has 0 amide bonds. The molecule has 4 heteroatoms. The second-order valence-electron chi connectivity index (χ2n) is 3.18. The van der Waals surface area contributed by atoms with Gasteiger partial charge < -0.3 is 10.1 Å². The molecule has 4 nitrogen and oxygen atoms in total. The molecule has 1 aliphatic rings. The number of hydrogen-bond donors (Lipinski definition) is 1.